The highest BCUT2D eigenvalue weighted by Crippen LogP contribution is 2.02. The van der Waals surface area contributed by atoms with Crippen LogP contribution in [0.2, 0.25) is 0 Å². The Morgan fingerprint density at radius 2 is 1.28 bits per heavy atom. The molecule has 0 unspecified atom stereocenters. The van der Waals surface area contributed by atoms with Gasteiger partial charge in [0.2, 0.25) is 11.8 Å². The van der Waals surface area contributed by atoms with Gasteiger partial charge in [0.25, 0.3) is 0 Å². The van der Waals surface area contributed by atoms with Crippen molar-refractivity contribution in [1.82, 2.24) is 16.0 Å². The molecule has 0 bridgehead atoms. The van der Waals surface area contributed by atoms with E-state index < -0.39 is 0 Å². The van der Waals surface area contributed by atoms with Gasteiger partial charge in [-0.25, -0.2) is 0 Å². The van der Waals surface area contributed by atoms with Crippen LogP contribution in [-0.4, -0.2) is 43.8 Å². The Morgan fingerprint density at radius 1 is 0.640 bits per heavy atom. The molecular weight excluding hydrogens is 318 g/mol. The van der Waals surface area contributed by atoms with E-state index in [9.17, 15) is 14.4 Å². The predicted octanol–water partition coefficient (Wildman–Crippen LogP) is 2.32. The van der Waals surface area contributed by atoms with Gasteiger partial charge < -0.3 is 16.0 Å². The lowest BCUT2D eigenvalue weighted by atomic mass is 10.1. The smallest absolute Gasteiger partial charge is 0.233 e. The topological polar surface area (TPSA) is 87.3 Å². The first kappa shape index (κ1) is 23.6. The number of carbonyl (C=O) groups excluding carboxylic acids is 3. The Labute approximate surface area is 152 Å². The zero-order valence-electron chi connectivity index (χ0n) is 16.1. The molecular formula is C19H37N3O3. The number of carbonyl (C=O) groups is 3. The van der Waals surface area contributed by atoms with Crippen molar-refractivity contribution in [2.75, 3.05) is 26.2 Å². The summed E-state index contributed by atoms with van der Waals surface area (Å²) in [5.41, 5.74) is 0. The van der Waals surface area contributed by atoms with Gasteiger partial charge in [0.05, 0.1) is 6.54 Å². The highest BCUT2D eigenvalue weighted by molar-refractivity contribution is 5.78. The zero-order chi connectivity index (χ0) is 18.8. The molecule has 6 heteroatoms. The van der Waals surface area contributed by atoms with Crippen molar-refractivity contribution in [3.05, 3.63) is 0 Å². The van der Waals surface area contributed by atoms with Gasteiger partial charge in [-0.3, -0.25) is 14.4 Å². The van der Waals surface area contributed by atoms with E-state index in [1.807, 2.05) is 6.92 Å². The Balaban J connectivity index is 3.35. The first-order chi connectivity index (χ1) is 12.1. The summed E-state index contributed by atoms with van der Waals surface area (Å²) >= 11 is 0. The Morgan fingerprint density at radius 3 is 1.96 bits per heavy atom. The van der Waals surface area contributed by atoms with Crippen LogP contribution in [0.1, 0.15) is 78.1 Å². The van der Waals surface area contributed by atoms with E-state index in [1.54, 1.807) is 0 Å². The molecule has 0 aromatic rings. The fourth-order valence-corrected chi connectivity index (χ4v) is 2.42. The summed E-state index contributed by atoms with van der Waals surface area (Å²) in [4.78, 5) is 34.5. The summed E-state index contributed by atoms with van der Waals surface area (Å²) in [6.45, 7) is 6.63. The summed E-state index contributed by atoms with van der Waals surface area (Å²) in [6, 6.07) is 0. The maximum absolute atomic E-state index is 11.7. The maximum Gasteiger partial charge on any atom is 0.233 e. The van der Waals surface area contributed by atoms with Gasteiger partial charge in [-0.2, -0.15) is 0 Å². The number of amides is 2. The lowest BCUT2D eigenvalue weighted by molar-refractivity contribution is -0.121. The molecule has 0 aliphatic carbocycles. The first-order valence-corrected chi connectivity index (χ1v) is 9.86. The van der Waals surface area contributed by atoms with Crippen LogP contribution in [0.5, 0.6) is 0 Å². The molecule has 0 atom stereocenters. The van der Waals surface area contributed by atoms with E-state index in [2.05, 4.69) is 22.9 Å². The molecule has 2 amide bonds. The van der Waals surface area contributed by atoms with Crippen LogP contribution in [0.3, 0.4) is 0 Å². The minimum absolute atomic E-state index is 0.0311. The second-order valence-corrected chi connectivity index (χ2v) is 6.43. The average molecular weight is 356 g/mol. The number of ketones is 1. The van der Waals surface area contributed by atoms with Crippen molar-refractivity contribution >= 4 is 17.6 Å². The number of Topliss-reactive ketones (excluding diaryl/α,β-unsaturated/α-hetero) is 1. The maximum atomic E-state index is 11.7. The van der Waals surface area contributed by atoms with Crippen molar-refractivity contribution in [3.63, 3.8) is 0 Å². The van der Waals surface area contributed by atoms with E-state index in [0.717, 1.165) is 51.5 Å². The molecule has 0 rings (SSSR count). The van der Waals surface area contributed by atoms with Crippen molar-refractivity contribution in [2.24, 2.45) is 0 Å². The molecule has 0 aromatic heterocycles. The molecule has 0 radical (unpaired) electrons. The molecule has 0 fully saturated rings. The highest BCUT2D eigenvalue weighted by atomic mass is 16.2. The SMILES string of the molecule is CCCNCC(=O)NCCCCCC(=O)NCCCCC(=O)CCC. The van der Waals surface area contributed by atoms with Crippen molar-refractivity contribution < 1.29 is 14.4 Å². The van der Waals surface area contributed by atoms with Crippen LogP contribution in [0, 0.1) is 0 Å². The zero-order valence-corrected chi connectivity index (χ0v) is 16.1. The van der Waals surface area contributed by atoms with Crippen LogP contribution < -0.4 is 16.0 Å². The summed E-state index contributed by atoms with van der Waals surface area (Å²) in [5.74, 6) is 0.429. The van der Waals surface area contributed by atoms with Crippen LogP contribution in [0.15, 0.2) is 0 Å². The standard InChI is InChI=1S/C19H37N3O3/c1-3-10-17(23)11-7-9-15-21-18(24)12-6-5-8-14-22-19(25)16-20-13-4-2/h20H,3-16H2,1-2H3,(H,21,24)(H,22,25). The van der Waals surface area contributed by atoms with Gasteiger partial charge in [-0.05, 0) is 45.1 Å². The molecule has 0 heterocycles. The lowest BCUT2D eigenvalue weighted by Gasteiger charge is -2.07. The summed E-state index contributed by atoms with van der Waals surface area (Å²) < 4.78 is 0. The summed E-state index contributed by atoms with van der Waals surface area (Å²) in [7, 11) is 0. The Bertz CT molecular complexity index is 373. The van der Waals surface area contributed by atoms with Crippen LogP contribution in [0.4, 0.5) is 0 Å². The predicted molar refractivity (Wildman–Crippen MR) is 101 cm³/mol. The lowest BCUT2D eigenvalue weighted by Crippen LogP contribution is -2.34. The number of hydrogen-bond acceptors (Lipinski definition) is 4. The van der Waals surface area contributed by atoms with E-state index >= 15 is 0 Å². The van der Waals surface area contributed by atoms with Crippen molar-refractivity contribution in [1.29, 1.82) is 0 Å². The second kappa shape index (κ2) is 17.4. The number of nitrogens with one attached hydrogen (secondary N) is 3. The molecule has 25 heavy (non-hydrogen) atoms. The fraction of sp³-hybridized carbons (Fsp3) is 0.842. The Hall–Kier alpha value is -1.43. The van der Waals surface area contributed by atoms with Gasteiger partial charge in [-0.15, -0.1) is 0 Å². The summed E-state index contributed by atoms with van der Waals surface area (Å²) in [5, 5.41) is 8.82. The third-order valence-corrected chi connectivity index (χ3v) is 3.85. The van der Waals surface area contributed by atoms with E-state index in [1.165, 1.54) is 0 Å². The molecule has 3 N–H and O–H groups in total. The normalized spacial score (nSPS) is 10.5. The first-order valence-electron chi connectivity index (χ1n) is 9.86. The average Bonchev–Trinajstić information content (AvgIpc) is 2.58. The molecule has 0 aromatic carbocycles. The molecule has 146 valence electrons. The number of hydrogen-bond donors (Lipinski definition) is 3. The van der Waals surface area contributed by atoms with Gasteiger partial charge in [0, 0.05) is 32.4 Å². The van der Waals surface area contributed by atoms with Gasteiger partial charge in [-0.1, -0.05) is 20.3 Å². The van der Waals surface area contributed by atoms with Gasteiger partial charge in [0.15, 0.2) is 0 Å². The van der Waals surface area contributed by atoms with Crippen LogP contribution in [-0.2, 0) is 14.4 Å². The number of rotatable bonds is 17. The summed E-state index contributed by atoms with van der Waals surface area (Å²) in [6.07, 6.45) is 8.14. The quantitative estimate of drug-likeness (QED) is 0.349. The second-order valence-electron chi connectivity index (χ2n) is 6.43. The molecule has 0 spiro atoms. The molecule has 6 nitrogen and oxygen atoms in total. The van der Waals surface area contributed by atoms with Crippen molar-refractivity contribution in [3.8, 4) is 0 Å². The van der Waals surface area contributed by atoms with Gasteiger partial charge >= 0.3 is 0 Å². The Kier molecular flexibility index (Phi) is 16.4. The van der Waals surface area contributed by atoms with Crippen LogP contribution >= 0.6 is 0 Å². The largest absolute Gasteiger partial charge is 0.356 e. The molecule has 0 saturated carbocycles. The molecule has 0 saturated heterocycles. The van der Waals surface area contributed by atoms with E-state index in [-0.39, 0.29) is 11.8 Å². The van der Waals surface area contributed by atoms with Crippen LogP contribution in [0.25, 0.3) is 0 Å². The third-order valence-electron chi connectivity index (χ3n) is 3.85. The van der Waals surface area contributed by atoms with Crippen molar-refractivity contribution in [2.45, 2.75) is 78.1 Å². The fourth-order valence-electron chi connectivity index (χ4n) is 2.42. The molecule has 0 aliphatic heterocycles. The minimum Gasteiger partial charge on any atom is -0.356 e. The number of unbranched alkanes of at least 4 members (excludes halogenated alkanes) is 3. The highest BCUT2D eigenvalue weighted by Gasteiger charge is 2.03. The van der Waals surface area contributed by atoms with E-state index in [4.69, 9.17) is 0 Å². The molecule has 0 aliphatic rings. The van der Waals surface area contributed by atoms with Gasteiger partial charge in [0.1, 0.15) is 5.78 Å². The monoisotopic (exact) mass is 355 g/mol. The third kappa shape index (κ3) is 17.2. The minimum atomic E-state index is 0.0311. The van der Waals surface area contributed by atoms with E-state index in [0.29, 0.717) is 44.7 Å².